The monoisotopic (exact) mass is 357 g/mol. The number of ether oxygens (including phenoxy) is 1. The first-order valence-corrected chi connectivity index (χ1v) is 8.70. The van der Waals surface area contributed by atoms with Crippen molar-refractivity contribution in [3.8, 4) is 0 Å². The third-order valence-electron chi connectivity index (χ3n) is 4.37. The topological polar surface area (TPSA) is 55.4 Å². The maximum Gasteiger partial charge on any atom is 0.314 e. The van der Waals surface area contributed by atoms with Crippen molar-refractivity contribution < 1.29 is 18.7 Å². The lowest BCUT2D eigenvalue weighted by Gasteiger charge is -2.21. The minimum absolute atomic E-state index is 0.0678. The number of rotatable bonds is 7. The summed E-state index contributed by atoms with van der Waals surface area (Å²) < 4.78 is 19.0. The molecular formula is C21H24FNO3. The molecule has 138 valence electrons. The van der Waals surface area contributed by atoms with Crippen molar-refractivity contribution in [1.29, 1.82) is 0 Å². The predicted octanol–water partition coefficient (Wildman–Crippen LogP) is 4.45. The van der Waals surface area contributed by atoms with E-state index in [4.69, 9.17) is 4.74 Å². The standard InChI is InChI=1S/C21H24FNO3/c1-4-15(3)20(16-8-6-5-7-9-16)21(25)26-13-19(24)23-18-11-10-14(2)12-17(18)22/h5-12,15,20H,4,13H2,1-3H3,(H,23,24). The zero-order valence-electron chi connectivity index (χ0n) is 15.3. The van der Waals surface area contributed by atoms with E-state index in [0.717, 1.165) is 17.5 Å². The molecule has 5 heteroatoms. The molecule has 2 rings (SSSR count). The molecule has 26 heavy (non-hydrogen) atoms. The van der Waals surface area contributed by atoms with Gasteiger partial charge in [0.25, 0.3) is 5.91 Å². The van der Waals surface area contributed by atoms with Crippen molar-refractivity contribution >= 4 is 17.6 Å². The van der Waals surface area contributed by atoms with Gasteiger partial charge in [-0.05, 0) is 36.1 Å². The van der Waals surface area contributed by atoms with E-state index < -0.39 is 30.2 Å². The highest BCUT2D eigenvalue weighted by atomic mass is 19.1. The summed E-state index contributed by atoms with van der Waals surface area (Å²) in [5, 5.41) is 2.42. The maximum atomic E-state index is 13.8. The van der Waals surface area contributed by atoms with Gasteiger partial charge in [0.15, 0.2) is 6.61 Å². The van der Waals surface area contributed by atoms with Crippen molar-refractivity contribution in [2.45, 2.75) is 33.1 Å². The van der Waals surface area contributed by atoms with Crippen LogP contribution >= 0.6 is 0 Å². The van der Waals surface area contributed by atoms with Gasteiger partial charge in [-0.25, -0.2) is 4.39 Å². The minimum Gasteiger partial charge on any atom is -0.455 e. The lowest BCUT2D eigenvalue weighted by molar-refractivity contribution is -0.150. The highest BCUT2D eigenvalue weighted by molar-refractivity contribution is 5.93. The number of esters is 1. The summed E-state index contributed by atoms with van der Waals surface area (Å²) in [6, 6.07) is 13.9. The van der Waals surface area contributed by atoms with Crippen LogP contribution in [0, 0.1) is 18.7 Å². The Kier molecular flexibility index (Phi) is 6.89. The number of benzene rings is 2. The molecule has 0 fully saturated rings. The Labute approximate surface area is 153 Å². The van der Waals surface area contributed by atoms with Gasteiger partial charge in [-0.3, -0.25) is 9.59 Å². The van der Waals surface area contributed by atoms with Gasteiger partial charge in [0.2, 0.25) is 0 Å². The molecule has 0 saturated carbocycles. The molecule has 1 N–H and O–H groups in total. The zero-order valence-corrected chi connectivity index (χ0v) is 15.3. The Bertz CT molecular complexity index is 761. The summed E-state index contributed by atoms with van der Waals surface area (Å²) in [7, 11) is 0. The number of anilines is 1. The normalized spacial score (nSPS) is 12.9. The van der Waals surface area contributed by atoms with Crippen LogP contribution in [0.15, 0.2) is 48.5 Å². The van der Waals surface area contributed by atoms with Gasteiger partial charge in [0.05, 0.1) is 11.6 Å². The van der Waals surface area contributed by atoms with E-state index in [1.165, 1.54) is 12.1 Å². The van der Waals surface area contributed by atoms with E-state index in [1.54, 1.807) is 13.0 Å². The zero-order chi connectivity index (χ0) is 19.1. The number of carbonyl (C=O) groups is 2. The summed E-state index contributed by atoms with van der Waals surface area (Å²) >= 11 is 0. The van der Waals surface area contributed by atoms with Crippen LogP contribution in [0.1, 0.15) is 37.3 Å². The van der Waals surface area contributed by atoms with Crippen LogP contribution < -0.4 is 5.32 Å². The summed E-state index contributed by atoms with van der Waals surface area (Å²) in [5.74, 6) is -1.92. The average Bonchev–Trinajstić information content (AvgIpc) is 2.63. The molecule has 2 atom stereocenters. The number of carbonyl (C=O) groups excluding carboxylic acids is 2. The van der Waals surface area contributed by atoms with Crippen molar-refractivity contribution in [2.24, 2.45) is 5.92 Å². The van der Waals surface area contributed by atoms with Crippen LogP contribution in [0.4, 0.5) is 10.1 Å². The first-order valence-electron chi connectivity index (χ1n) is 8.70. The molecule has 2 aromatic carbocycles. The molecule has 0 heterocycles. The van der Waals surface area contributed by atoms with Gasteiger partial charge in [-0.1, -0.05) is 56.7 Å². The van der Waals surface area contributed by atoms with Gasteiger partial charge in [0, 0.05) is 0 Å². The number of hydrogen-bond donors (Lipinski definition) is 1. The quantitative estimate of drug-likeness (QED) is 0.745. The van der Waals surface area contributed by atoms with E-state index in [1.807, 2.05) is 44.2 Å². The summed E-state index contributed by atoms with van der Waals surface area (Å²) in [5.41, 5.74) is 1.68. The van der Waals surface area contributed by atoms with Crippen LogP contribution in [0.5, 0.6) is 0 Å². The van der Waals surface area contributed by atoms with E-state index >= 15 is 0 Å². The molecule has 0 aliphatic carbocycles. The minimum atomic E-state index is -0.572. The van der Waals surface area contributed by atoms with E-state index in [0.29, 0.717) is 0 Å². The molecule has 0 aromatic heterocycles. The number of hydrogen-bond acceptors (Lipinski definition) is 3. The second-order valence-corrected chi connectivity index (χ2v) is 6.41. The second-order valence-electron chi connectivity index (χ2n) is 6.41. The van der Waals surface area contributed by atoms with Crippen LogP contribution in [0.25, 0.3) is 0 Å². The van der Waals surface area contributed by atoms with Gasteiger partial charge in [-0.2, -0.15) is 0 Å². The molecule has 2 aromatic rings. The predicted molar refractivity (Wildman–Crippen MR) is 99.4 cm³/mol. The Morgan fingerprint density at radius 2 is 1.85 bits per heavy atom. The molecule has 1 amide bonds. The molecule has 4 nitrogen and oxygen atoms in total. The summed E-state index contributed by atoms with van der Waals surface area (Å²) in [6.45, 7) is 5.28. The molecule has 0 saturated heterocycles. The fourth-order valence-electron chi connectivity index (χ4n) is 2.73. The van der Waals surface area contributed by atoms with Gasteiger partial charge >= 0.3 is 5.97 Å². The maximum absolute atomic E-state index is 13.8. The third-order valence-corrected chi connectivity index (χ3v) is 4.37. The second kappa shape index (κ2) is 9.13. The first kappa shape index (κ1) is 19.6. The van der Waals surface area contributed by atoms with Crippen LogP contribution in [0.2, 0.25) is 0 Å². The van der Waals surface area contributed by atoms with E-state index in [2.05, 4.69) is 5.32 Å². The Morgan fingerprint density at radius 3 is 2.46 bits per heavy atom. The summed E-state index contributed by atoms with van der Waals surface area (Å²) in [6.07, 6.45) is 0.801. The molecule has 0 bridgehead atoms. The number of halogens is 1. The lowest BCUT2D eigenvalue weighted by atomic mass is 9.86. The van der Waals surface area contributed by atoms with Gasteiger partial charge < -0.3 is 10.1 Å². The van der Waals surface area contributed by atoms with Crippen molar-refractivity contribution in [2.75, 3.05) is 11.9 Å². The van der Waals surface area contributed by atoms with Gasteiger partial charge in [-0.15, -0.1) is 0 Å². The molecular weight excluding hydrogens is 333 g/mol. The highest BCUT2D eigenvalue weighted by Crippen LogP contribution is 2.28. The van der Waals surface area contributed by atoms with Crippen molar-refractivity contribution in [1.82, 2.24) is 0 Å². The Balaban J connectivity index is 1.99. The smallest absolute Gasteiger partial charge is 0.314 e. The summed E-state index contributed by atoms with van der Waals surface area (Å²) in [4.78, 5) is 24.5. The highest BCUT2D eigenvalue weighted by Gasteiger charge is 2.27. The van der Waals surface area contributed by atoms with Crippen molar-refractivity contribution in [3.63, 3.8) is 0 Å². The largest absolute Gasteiger partial charge is 0.455 e. The van der Waals surface area contributed by atoms with Crippen LogP contribution in [-0.4, -0.2) is 18.5 Å². The SMILES string of the molecule is CCC(C)C(C(=O)OCC(=O)Nc1ccc(C)cc1F)c1ccccc1. The number of amides is 1. The van der Waals surface area contributed by atoms with Gasteiger partial charge in [0.1, 0.15) is 5.82 Å². The van der Waals surface area contributed by atoms with Crippen LogP contribution in [0.3, 0.4) is 0 Å². The third kappa shape index (κ3) is 5.15. The van der Waals surface area contributed by atoms with Crippen molar-refractivity contribution in [3.05, 3.63) is 65.5 Å². The molecule has 0 aliphatic rings. The van der Waals surface area contributed by atoms with E-state index in [-0.39, 0.29) is 11.6 Å². The Hall–Kier alpha value is -2.69. The molecule has 0 aliphatic heterocycles. The van der Waals surface area contributed by atoms with Crippen LogP contribution in [-0.2, 0) is 14.3 Å². The molecule has 0 spiro atoms. The molecule has 2 unspecified atom stereocenters. The Morgan fingerprint density at radius 1 is 1.15 bits per heavy atom. The number of nitrogens with one attached hydrogen (secondary N) is 1. The van der Waals surface area contributed by atoms with E-state index in [9.17, 15) is 14.0 Å². The fourth-order valence-corrected chi connectivity index (χ4v) is 2.73. The first-order chi connectivity index (χ1) is 12.4. The average molecular weight is 357 g/mol. The lowest BCUT2D eigenvalue weighted by Crippen LogP contribution is -2.27. The molecule has 0 radical (unpaired) electrons. The fraction of sp³-hybridized carbons (Fsp3) is 0.333. The number of aryl methyl sites for hydroxylation is 1.